The van der Waals surface area contributed by atoms with Gasteiger partial charge in [-0.3, -0.25) is 4.79 Å². The van der Waals surface area contributed by atoms with Crippen LogP contribution in [0.15, 0.2) is 42.5 Å². The molecule has 1 N–H and O–H groups in total. The summed E-state index contributed by atoms with van der Waals surface area (Å²) in [5.41, 5.74) is 1.63. The van der Waals surface area contributed by atoms with Gasteiger partial charge in [0.05, 0.1) is 25.8 Å². The molecule has 0 heterocycles. The number of hydrogen-bond donors (Lipinski definition) is 1. The molecule has 0 fully saturated rings. The fraction of sp³-hybridized carbons (Fsp3) is 0.235. The summed E-state index contributed by atoms with van der Waals surface area (Å²) < 4.78 is 11.4. The average molecular weight is 411 g/mol. The van der Waals surface area contributed by atoms with Crippen molar-refractivity contribution >= 4 is 28.5 Å². The molecular formula is C17H18INO3. The molecule has 1 atom stereocenters. The molecule has 0 unspecified atom stereocenters. The van der Waals surface area contributed by atoms with Crippen LogP contribution in [0.2, 0.25) is 0 Å². The van der Waals surface area contributed by atoms with Crippen molar-refractivity contribution in [3.63, 3.8) is 0 Å². The summed E-state index contributed by atoms with van der Waals surface area (Å²) in [6.45, 7) is 1.94. The van der Waals surface area contributed by atoms with Crippen molar-refractivity contribution < 1.29 is 14.3 Å². The van der Waals surface area contributed by atoms with Gasteiger partial charge in [-0.25, -0.2) is 0 Å². The maximum atomic E-state index is 12.4. The number of carbonyl (C=O) groups excluding carboxylic acids is 1. The number of carbonyl (C=O) groups is 1. The molecule has 0 aromatic heterocycles. The smallest absolute Gasteiger partial charge is 0.252 e. The van der Waals surface area contributed by atoms with Crippen molar-refractivity contribution in [1.82, 2.24) is 5.32 Å². The fourth-order valence-corrected chi connectivity index (χ4v) is 2.76. The molecule has 2 rings (SSSR count). The number of rotatable bonds is 5. The first-order chi connectivity index (χ1) is 10.6. The molecule has 5 heteroatoms. The molecule has 0 bridgehead atoms. The van der Waals surface area contributed by atoms with Crippen molar-refractivity contribution in [1.29, 1.82) is 0 Å². The van der Waals surface area contributed by atoms with Gasteiger partial charge in [-0.05, 0) is 59.3 Å². The van der Waals surface area contributed by atoms with E-state index in [1.54, 1.807) is 14.2 Å². The normalized spacial score (nSPS) is 11.6. The molecule has 0 spiro atoms. The molecule has 0 saturated carbocycles. The molecule has 116 valence electrons. The summed E-state index contributed by atoms with van der Waals surface area (Å²) in [4.78, 5) is 12.4. The second-order valence-corrected chi connectivity index (χ2v) is 5.95. The minimum absolute atomic E-state index is 0.0905. The molecule has 1 amide bonds. The Kier molecular flexibility index (Phi) is 5.65. The molecule has 0 aliphatic carbocycles. The molecule has 22 heavy (non-hydrogen) atoms. The highest BCUT2D eigenvalue weighted by atomic mass is 127. The Morgan fingerprint density at radius 1 is 1.09 bits per heavy atom. The SMILES string of the molecule is COc1ccc([C@@H](C)NC(=O)c2ccccc2I)cc1OC. The highest BCUT2D eigenvalue weighted by Gasteiger charge is 2.15. The van der Waals surface area contributed by atoms with Gasteiger partial charge in [0, 0.05) is 3.57 Å². The zero-order valence-corrected chi connectivity index (χ0v) is 14.9. The monoisotopic (exact) mass is 411 g/mol. The van der Waals surface area contributed by atoms with Crippen LogP contribution in [0, 0.1) is 3.57 Å². The third-order valence-corrected chi connectivity index (χ3v) is 4.31. The fourth-order valence-electron chi connectivity index (χ4n) is 2.13. The van der Waals surface area contributed by atoms with Crippen LogP contribution in [0.25, 0.3) is 0 Å². The number of hydrogen-bond acceptors (Lipinski definition) is 3. The molecule has 2 aromatic carbocycles. The number of amides is 1. The van der Waals surface area contributed by atoms with Crippen LogP contribution in [-0.4, -0.2) is 20.1 Å². The Morgan fingerprint density at radius 2 is 1.77 bits per heavy atom. The first-order valence-electron chi connectivity index (χ1n) is 6.84. The zero-order chi connectivity index (χ0) is 16.1. The Labute approximate surface area is 144 Å². The van der Waals surface area contributed by atoms with Crippen LogP contribution < -0.4 is 14.8 Å². The van der Waals surface area contributed by atoms with Gasteiger partial charge in [-0.1, -0.05) is 18.2 Å². The van der Waals surface area contributed by atoms with Gasteiger partial charge < -0.3 is 14.8 Å². The molecule has 0 aliphatic heterocycles. The van der Waals surface area contributed by atoms with E-state index in [1.807, 2.05) is 49.4 Å². The van der Waals surface area contributed by atoms with Crippen LogP contribution in [0.4, 0.5) is 0 Å². The second kappa shape index (κ2) is 7.49. The van der Waals surface area contributed by atoms with Crippen molar-refractivity contribution in [3.05, 3.63) is 57.2 Å². The Morgan fingerprint density at radius 3 is 2.41 bits per heavy atom. The molecule has 2 aromatic rings. The predicted octanol–water partition coefficient (Wildman–Crippen LogP) is 3.80. The Hall–Kier alpha value is -1.76. The van der Waals surface area contributed by atoms with E-state index < -0.39 is 0 Å². The Balaban J connectivity index is 2.17. The summed E-state index contributed by atoms with van der Waals surface area (Å²) in [5.74, 6) is 1.23. The first kappa shape index (κ1) is 16.6. The number of ether oxygens (including phenoxy) is 2. The summed E-state index contributed by atoms with van der Waals surface area (Å²) in [6, 6.07) is 13.0. The lowest BCUT2D eigenvalue weighted by atomic mass is 10.1. The standard InChI is InChI=1S/C17H18INO3/c1-11(12-8-9-15(21-2)16(10-12)22-3)19-17(20)13-6-4-5-7-14(13)18/h4-11H,1-3H3,(H,19,20)/t11-/m1/s1. The topological polar surface area (TPSA) is 47.6 Å². The third-order valence-electron chi connectivity index (χ3n) is 3.37. The third kappa shape index (κ3) is 3.71. The zero-order valence-electron chi connectivity index (χ0n) is 12.7. The lowest BCUT2D eigenvalue weighted by Gasteiger charge is -2.17. The van der Waals surface area contributed by atoms with Gasteiger partial charge in [0.1, 0.15) is 0 Å². The van der Waals surface area contributed by atoms with E-state index in [9.17, 15) is 4.79 Å². The van der Waals surface area contributed by atoms with E-state index in [0.29, 0.717) is 17.1 Å². The quantitative estimate of drug-likeness (QED) is 0.762. The molecule has 0 saturated heterocycles. The van der Waals surface area contributed by atoms with Crippen molar-refractivity contribution in [3.8, 4) is 11.5 Å². The van der Waals surface area contributed by atoms with E-state index in [1.165, 1.54) is 0 Å². The maximum absolute atomic E-state index is 12.4. The van der Waals surface area contributed by atoms with Gasteiger partial charge in [0.25, 0.3) is 5.91 Å². The molecule has 4 nitrogen and oxygen atoms in total. The van der Waals surface area contributed by atoms with E-state index >= 15 is 0 Å². The average Bonchev–Trinajstić information content (AvgIpc) is 2.54. The first-order valence-corrected chi connectivity index (χ1v) is 7.92. The molecule has 0 aliphatic rings. The van der Waals surface area contributed by atoms with E-state index in [2.05, 4.69) is 27.9 Å². The summed E-state index contributed by atoms with van der Waals surface area (Å²) in [7, 11) is 3.19. The van der Waals surface area contributed by atoms with E-state index in [-0.39, 0.29) is 11.9 Å². The van der Waals surface area contributed by atoms with Gasteiger partial charge in [-0.15, -0.1) is 0 Å². The van der Waals surface area contributed by atoms with Crippen LogP contribution in [0.3, 0.4) is 0 Å². The van der Waals surface area contributed by atoms with Gasteiger partial charge in [0.15, 0.2) is 11.5 Å². The lowest BCUT2D eigenvalue weighted by molar-refractivity contribution is 0.0939. The predicted molar refractivity (Wildman–Crippen MR) is 94.6 cm³/mol. The second-order valence-electron chi connectivity index (χ2n) is 4.79. The van der Waals surface area contributed by atoms with E-state index in [4.69, 9.17) is 9.47 Å². The minimum Gasteiger partial charge on any atom is -0.493 e. The van der Waals surface area contributed by atoms with E-state index in [0.717, 1.165) is 9.13 Å². The molecule has 0 radical (unpaired) electrons. The van der Waals surface area contributed by atoms with Crippen LogP contribution in [-0.2, 0) is 0 Å². The highest BCUT2D eigenvalue weighted by molar-refractivity contribution is 14.1. The largest absolute Gasteiger partial charge is 0.493 e. The van der Waals surface area contributed by atoms with Gasteiger partial charge in [-0.2, -0.15) is 0 Å². The van der Waals surface area contributed by atoms with Crippen molar-refractivity contribution in [2.45, 2.75) is 13.0 Å². The maximum Gasteiger partial charge on any atom is 0.252 e. The van der Waals surface area contributed by atoms with Gasteiger partial charge in [0.2, 0.25) is 0 Å². The molecular weight excluding hydrogens is 393 g/mol. The van der Waals surface area contributed by atoms with Crippen LogP contribution >= 0.6 is 22.6 Å². The summed E-state index contributed by atoms with van der Waals surface area (Å²) in [6.07, 6.45) is 0. The van der Waals surface area contributed by atoms with Crippen molar-refractivity contribution in [2.75, 3.05) is 14.2 Å². The summed E-state index contributed by atoms with van der Waals surface area (Å²) in [5, 5.41) is 3.00. The van der Waals surface area contributed by atoms with Crippen LogP contribution in [0.5, 0.6) is 11.5 Å². The van der Waals surface area contributed by atoms with Crippen LogP contribution in [0.1, 0.15) is 28.9 Å². The number of benzene rings is 2. The lowest BCUT2D eigenvalue weighted by Crippen LogP contribution is -2.27. The Bertz CT molecular complexity index is 673. The minimum atomic E-state index is -0.136. The summed E-state index contributed by atoms with van der Waals surface area (Å²) >= 11 is 2.16. The number of methoxy groups -OCH3 is 2. The number of halogens is 1. The van der Waals surface area contributed by atoms with Gasteiger partial charge >= 0.3 is 0 Å². The highest BCUT2D eigenvalue weighted by Crippen LogP contribution is 2.30. The number of nitrogens with one attached hydrogen (secondary N) is 1. The van der Waals surface area contributed by atoms with Crippen molar-refractivity contribution in [2.24, 2.45) is 0 Å².